The highest BCUT2D eigenvalue weighted by Crippen LogP contribution is 2.40. The number of halogens is 3. The van der Waals surface area contributed by atoms with E-state index in [2.05, 4.69) is 0 Å². The predicted molar refractivity (Wildman–Crippen MR) is 70.8 cm³/mol. The monoisotopic (exact) mass is 298 g/mol. The van der Waals surface area contributed by atoms with E-state index in [0.717, 1.165) is 18.9 Å². The molecule has 21 heavy (non-hydrogen) atoms. The number of amides is 1. The Bertz CT molecular complexity index is 574. The van der Waals surface area contributed by atoms with Gasteiger partial charge in [-0.15, -0.1) is 0 Å². The minimum Gasteiger partial charge on any atom is -0.331 e. The third-order valence-electron chi connectivity index (χ3n) is 4.22. The van der Waals surface area contributed by atoms with Gasteiger partial charge in [0.05, 0.1) is 6.04 Å². The highest BCUT2D eigenvalue weighted by Gasteiger charge is 2.42. The molecule has 0 bridgehead atoms. The van der Waals surface area contributed by atoms with Crippen molar-refractivity contribution in [3.05, 3.63) is 35.1 Å². The van der Waals surface area contributed by atoms with Gasteiger partial charge in [-0.1, -0.05) is 0 Å². The summed E-state index contributed by atoms with van der Waals surface area (Å²) < 4.78 is 40.7. The average Bonchev–Trinajstić information content (AvgIpc) is 3.24. The van der Waals surface area contributed by atoms with Crippen LogP contribution in [0.1, 0.15) is 43.7 Å². The molecule has 2 N–H and O–H groups in total. The Morgan fingerprint density at radius 1 is 1.05 bits per heavy atom. The van der Waals surface area contributed by atoms with E-state index >= 15 is 0 Å². The fourth-order valence-electron chi connectivity index (χ4n) is 3.07. The first-order valence-corrected chi connectivity index (χ1v) is 7.20. The maximum absolute atomic E-state index is 14.1. The van der Waals surface area contributed by atoms with Crippen molar-refractivity contribution in [2.45, 2.75) is 50.2 Å². The molecule has 2 unspecified atom stereocenters. The van der Waals surface area contributed by atoms with E-state index in [4.69, 9.17) is 5.73 Å². The van der Waals surface area contributed by atoms with E-state index in [9.17, 15) is 18.0 Å². The summed E-state index contributed by atoms with van der Waals surface area (Å²) in [4.78, 5) is 13.9. The lowest BCUT2D eigenvalue weighted by molar-refractivity contribution is -0.134. The topological polar surface area (TPSA) is 46.3 Å². The summed E-state index contributed by atoms with van der Waals surface area (Å²) in [6.07, 6.45) is 3.25. The van der Waals surface area contributed by atoms with Gasteiger partial charge in [0.2, 0.25) is 5.91 Å². The molecular weight excluding hydrogens is 281 g/mol. The van der Waals surface area contributed by atoms with Gasteiger partial charge in [-0.25, -0.2) is 13.2 Å². The lowest BCUT2D eigenvalue weighted by atomic mass is 9.95. The number of likely N-dealkylation sites (tertiary alicyclic amines) is 1. The number of nitrogens with two attached hydrogens (primary N) is 1. The summed E-state index contributed by atoms with van der Waals surface area (Å²) in [7, 11) is 0. The van der Waals surface area contributed by atoms with Crippen LogP contribution in [0.4, 0.5) is 13.2 Å². The van der Waals surface area contributed by atoms with Crippen molar-refractivity contribution in [1.29, 1.82) is 0 Å². The van der Waals surface area contributed by atoms with Crippen molar-refractivity contribution in [3.63, 3.8) is 0 Å². The molecule has 0 aromatic heterocycles. The molecule has 1 saturated carbocycles. The second-order valence-electron chi connectivity index (χ2n) is 5.82. The van der Waals surface area contributed by atoms with Crippen LogP contribution in [0, 0.1) is 17.5 Å². The van der Waals surface area contributed by atoms with Gasteiger partial charge in [-0.3, -0.25) is 4.79 Å². The summed E-state index contributed by atoms with van der Waals surface area (Å²) in [6.45, 7) is 0. The van der Waals surface area contributed by atoms with Crippen LogP contribution in [0.3, 0.4) is 0 Å². The third-order valence-corrected chi connectivity index (χ3v) is 4.22. The lowest BCUT2D eigenvalue weighted by Crippen LogP contribution is -2.44. The SMILES string of the molecule is NC1CCCC(=O)N(C2CC2)C1c1cc(F)c(F)cc1F. The summed E-state index contributed by atoms with van der Waals surface area (Å²) in [5, 5.41) is 0. The number of hydrogen-bond donors (Lipinski definition) is 1. The van der Waals surface area contributed by atoms with Crippen LogP contribution >= 0.6 is 0 Å². The summed E-state index contributed by atoms with van der Waals surface area (Å²) in [5.74, 6) is -3.29. The average molecular weight is 298 g/mol. The zero-order chi connectivity index (χ0) is 15.1. The zero-order valence-electron chi connectivity index (χ0n) is 11.5. The summed E-state index contributed by atoms with van der Waals surface area (Å²) in [5.41, 5.74) is 6.08. The normalized spacial score (nSPS) is 26.9. The van der Waals surface area contributed by atoms with Crippen LogP contribution in [0.25, 0.3) is 0 Å². The lowest BCUT2D eigenvalue weighted by Gasteiger charge is -2.34. The number of rotatable bonds is 2. The molecule has 3 nitrogen and oxygen atoms in total. The molecule has 6 heteroatoms. The Morgan fingerprint density at radius 2 is 1.71 bits per heavy atom. The van der Waals surface area contributed by atoms with Crippen LogP contribution in [0.5, 0.6) is 0 Å². The number of carbonyl (C=O) groups excluding carboxylic acids is 1. The number of hydrogen-bond acceptors (Lipinski definition) is 2. The van der Waals surface area contributed by atoms with Gasteiger partial charge in [0, 0.05) is 30.1 Å². The fourth-order valence-corrected chi connectivity index (χ4v) is 3.07. The molecule has 1 saturated heterocycles. The molecule has 1 amide bonds. The molecule has 1 heterocycles. The van der Waals surface area contributed by atoms with E-state index in [1.165, 1.54) is 0 Å². The van der Waals surface area contributed by atoms with Gasteiger partial charge >= 0.3 is 0 Å². The first-order valence-electron chi connectivity index (χ1n) is 7.20. The quantitative estimate of drug-likeness (QED) is 0.853. The van der Waals surface area contributed by atoms with Gasteiger partial charge in [-0.05, 0) is 31.7 Å². The maximum atomic E-state index is 14.1. The minimum absolute atomic E-state index is 0.0245. The first kappa shape index (κ1) is 14.4. The Labute approximate surface area is 120 Å². The smallest absolute Gasteiger partial charge is 0.223 e. The second-order valence-corrected chi connectivity index (χ2v) is 5.82. The van der Waals surface area contributed by atoms with Gasteiger partial charge in [-0.2, -0.15) is 0 Å². The number of nitrogens with zero attached hydrogens (tertiary/aromatic N) is 1. The Balaban J connectivity index is 2.06. The number of carbonyl (C=O) groups is 1. The van der Waals surface area contributed by atoms with Crippen LogP contribution in [-0.4, -0.2) is 22.9 Å². The molecular formula is C15H17F3N2O. The highest BCUT2D eigenvalue weighted by molar-refractivity contribution is 5.78. The van der Waals surface area contributed by atoms with E-state index < -0.39 is 29.5 Å². The zero-order valence-corrected chi connectivity index (χ0v) is 11.5. The Kier molecular flexibility index (Phi) is 3.65. The molecule has 114 valence electrons. The van der Waals surface area contributed by atoms with Crippen LogP contribution in [0.2, 0.25) is 0 Å². The molecule has 3 rings (SSSR count). The molecule has 0 spiro atoms. The van der Waals surface area contributed by atoms with Gasteiger partial charge in [0.25, 0.3) is 0 Å². The molecule has 2 atom stereocenters. The summed E-state index contributed by atoms with van der Waals surface area (Å²) in [6, 6.07) is 0.208. The molecule has 2 aliphatic rings. The van der Waals surface area contributed by atoms with Crippen molar-refractivity contribution in [2.75, 3.05) is 0 Å². The molecule has 1 aromatic rings. The van der Waals surface area contributed by atoms with Crippen molar-refractivity contribution in [2.24, 2.45) is 5.73 Å². The molecule has 2 fully saturated rings. The standard InChI is InChI=1S/C15H17F3N2O/c16-10-7-12(18)11(17)6-9(10)15-13(19)2-1-3-14(21)20(15)8-4-5-8/h6-8,13,15H,1-5,19H2. The Hall–Kier alpha value is -1.56. The van der Waals surface area contributed by atoms with Crippen molar-refractivity contribution in [1.82, 2.24) is 4.90 Å². The van der Waals surface area contributed by atoms with Crippen LogP contribution < -0.4 is 5.73 Å². The van der Waals surface area contributed by atoms with Gasteiger partial charge < -0.3 is 10.6 Å². The molecule has 1 aromatic carbocycles. The second kappa shape index (κ2) is 5.33. The van der Waals surface area contributed by atoms with Gasteiger partial charge in [0.15, 0.2) is 11.6 Å². The van der Waals surface area contributed by atoms with Crippen molar-refractivity contribution in [3.8, 4) is 0 Å². The Morgan fingerprint density at radius 3 is 2.38 bits per heavy atom. The van der Waals surface area contributed by atoms with Crippen LogP contribution in [0.15, 0.2) is 12.1 Å². The molecule has 1 aliphatic heterocycles. The van der Waals surface area contributed by atoms with Gasteiger partial charge in [0.1, 0.15) is 5.82 Å². The van der Waals surface area contributed by atoms with E-state index in [1.54, 1.807) is 4.90 Å². The molecule has 1 aliphatic carbocycles. The van der Waals surface area contributed by atoms with Crippen molar-refractivity contribution >= 4 is 5.91 Å². The molecule has 0 radical (unpaired) electrons. The third kappa shape index (κ3) is 2.64. The highest BCUT2D eigenvalue weighted by atomic mass is 19.2. The first-order chi connectivity index (χ1) is 9.99. The van der Waals surface area contributed by atoms with E-state index in [0.29, 0.717) is 25.3 Å². The van der Waals surface area contributed by atoms with Crippen LogP contribution in [-0.2, 0) is 4.79 Å². The number of benzene rings is 1. The maximum Gasteiger partial charge on any atom is 0.223 e. The van der Waals surface area contributed by atoms with E-state index in [1.807, 2.05) is 0 Å². The minimum atomic E-state index is -1.23. The van der Waals surface area contributed by atoms with Crippen molar-refractivity contribution < 1.29 is 18.0 Å². The summed E-state index contributed by atoms with van der Waals surface area (Å²) >= 11 is 0. The largest absolute Gasteiger partial charge is 0.331 e. The van der Waals surface area contributed by atoms with E-state index in [-0.39, 0.29) is 17.5 Å². The fraction of sp³-hybridized carbons (Fsp3) is 0.533. The predicted octanol–water partition coefficient (Wildman–Crippen LogP) is 2.65.